The van der Waals surface area contributed by atoms with Gasteiger partial charge < -0.3 is 10.4 Å². The number of rotatable bonds is 5. The second-order valence-corrected chi connectivity index (χ2v) is 4.92. The fraction of sp³-hybridized carbons (Fsp3) is 0.500. The Hall–Kier alpha value is -1.35. The Morgan fingerprint density at radius 2 is 1.94 bits per heavy atom. The largest absolute Gasteiger partial charge is 0.381 e. The molecule has 0 bridgehead atoms. The van der Waals surface area contributed by atoms with Crippen LogP contribution in [0.5, 0.6) is 0 Å². The van der Waals surface area contributed by atoms with E-state index < -0.39 is 5.60 Å². The summed E-state index contributed by atoms with van der Waals surface area (Å²) in [4.78, 5) is 11.4. The molecule has 0 aliphatic rings. The summed E-state index contributed by atoms with van der Waals surface area (Å²) in [6, 6.07) is 10.2. The van der Waals surface area contributed by atoms with Crippen molar-refractivity contribution in [3.05, 3.63) is 35.9 Å². The van der Waals surface area contributed by atoms with E-state index in [2.05, 4.69) is 24.4 Å². The van der Waals surface area contributed by atoms with Gasteiger partial charge in [-0.05, 0) is 31.7 Å². The summed E-state index contributed by atoms with van der Waals surface area (Å²) in [6.07, 6.45) is 0.867. The van der Waals surface area contributed by atoms with Gasteiger partial charge >= 0.3 is 0 Å². The summed E-state index contributed by atoms with van der Waals surface area (Å²) in [7, 11) is 0. The standard InChI is InChI=1S/C14H21NO2/c1-11(12-7-5-4-6-8-12)9-10-15-13(16)14(2,3)17/h4-8,11,17H,9-10H2,1-3H3,(H,15,16). The maximum Gasteiger partial charge on any atom is 0.251 e. The second-order valence-electron chi connectivity index (χ2n) is 4.92. The highest BCUT2D eigenvalue weighted by Gasteiger charge is 2.22. The minimum Gasteiger partial charge on any atom is -0.381 e. The summed E-state index contributed by atoms with van der Waals surface area (Å²) >= 11 is 0. The van der Waals surface area contributed by atoms with Crippen LogP contribution in [0.25, 0.3) is 0 Å². The highest BCUT2D eigenvalue weighted by Crippen LogP contribution is 2.17. The number of aliphatic hydroxyl groups is 1. The molecule has 0 radical (unpaired) electrons. The predicted molar refractivity (Wildman–Crippen MR) is 68.8 cm³/mol. The lowest BCUT2D eigenvalue weighted by atomic mass is 9.98. The van der Waals surface area contributed by atoms with Gasteiger partial charge in [0.25, 0.3) is 5.91 Å². The van der Waals surface area contributed by atoms with Crippen molar-refractivity contribution in [1.29, 1.82) is 0 Å². The summed E-state index contributed by atoms with van der Waals surface area (Å²) in [5, 5.41) is 12.2. The van der Waals surface area contributed by atoms with Gasteiger partial charge in [-0.15, -0.1) is 0 Å². The molecular weight excluding hydrogens is 214 g/mol. The molecule has 3 heteroatoms. The molecule has 0 aromatic heterocycles. The third-order valence-electron chi connectivity index (χ3n) is 2.79. The monoisotopic (exact) mass is 235 g/mol. The lowest BCUT2D eigenvalue weighted by Gasteiger charge is -2.18. The van der Waals surface area contributed by atoms with Crippen LogP contribution in [0.3, 0.4) is 0 Å². The molecule has 94 valence electrons. The van der Waals surface area contributed by atoms with Crippen LogP contribution < -0.4 is 5.32 Å². The Balaban J connectivity index is 2.35. The van der Waals surface area contributed by atoms with Crippen molar-refractivity contribution in [3.8, 4) is 0 Å². The average Bonchev–Trinajstić information content (AvgIpc) is 2.28. The molecule has 2 N–H and O–H groups in total. The highest BCUT2D eigenvalue weighted by molar-refractivity contribution is 5.83. The van der Waals surface area contributed by atoms with E-state index in [4.69, 9.17) is 0 Å². The van der Waals surface area contributed by atoms with Crippen molar-refractivity contribution < 1.29 is 9.90 Å². The zero-order valence-electron chi connectivity index (χ0n) is 10.7. The molecule has 17 heavy (non-hydrogen) atoms. The van der Waals surface area contributed by atoms with Crippen LogP contribution >= 0.6 is 0 Å². The van der Waals surface area contributed by atoms with Gasteiger partial charge in [-0.25, -0.2) is 0 Å². The molecule has 0 aliphatic heterocycles. The van der Waals surface area contributed by atoms with Crippen molar-refractivity contribution in [1.82, 2.24) is 5.32 Å². The Morgan fingerprint density at radius 1 is 1.35 bits per heavy atom. The Labute approximate surface area is 103 Å². The van der Waals surface area contributed by atoms with E-state index in [1.54, 1.807) is 0 Å². The molecule has 0 heterocycles. The smallest absolute Gasteiger partial charge is 0.251 e. The number of carbonyl (C=O) groups is 1. The predicted octanol–water partition coefficient (Wildman–Crippen LogP) is 2.07. The fourth-order valence-corrected chi connectivity index (χ4v) is 1.57. The van der Waals surface area contributed by atoms with E-state index in [0.29, 0.717) is 12.5 Å². The van der Waals surface area contributed by atoms with Crippen molar-refractivity contribution in [2.75, 3.05) is 6.54 Å². The van der Waals surface area contributed by atoms with Crippen LogP contribution in [0.1, 0.15) is 38.7 Å². The maximum absolute atomic E-state index is 11.4. The average molecular weight is 235 g/mol. The Morgan fingerprint density at radius 3 is 2.47 bits per heavy atom. The van der Waals surface area contributed by atoms with Gasteiger partial charge in [0.1, 0.15) is 5.60 Å². The van der Waals surface area contributed by atoms with Gasteiger partial charge in [0.05, 0.1) is 0 Å². The quantitative estimate of drug-likeness (QED) is 0.820. The fourth-order valence-electron chi connectivity index (χ4n) is 1.57. The number of benzene rings is 1. The topological polar surface area (TPSA) is 49.3 Å². The highest BCUT2D eigenvalue weighted by atomic mass is 16.3. The molecule has 1 unspecified atom stereocenters. The SMILES string of the molecule is CC(CCNC(=O)C(C)(C)O)c1ccccc1. The summed E-state index contributed by atoms with van der Waals surface area (Å²) in [5.41, 5.74) is -0.0271. The molecule has 3 nitrogen and oxygen atoms in total. The molecule has 1 atom stereocenters. The molecule has 1 amide bonds. The molecular formula is C14H21NO2. The van der Waals surface area contributed by atoms with Gasteiger partial charge in [0.2, 0.25) is 0 Å². The minimum absolute atomic E-state index is 0.322. The molecule has 0 saturated heterocycles. The molecule has 1 aromatic rings. The van der Waals surface area contributed by atoms with Gasteiger partial charge in [-0.1, -0.05) is 37.3 Å². The first-order valence-corrected chi connectivity index (χ1v) is 5.97. The van der Waals surface area contributed by atoms with Crippen molar-refractivity contribution in [2.24, 2.45) is 0 Å². The first kappa shape index (κ1) is 13.7. The van der Waals surface area contributed by atoms with E-state index in [0.717, 1.165) is 6.42 Å². The van der Waals surface area contributed by atoms with E-state index >= 15 is 0 Å². The molecule has 0 fully saturated rings. The molecule has 0 saturated carbocycles. The van der Waals surface area contributed by atoms with Crippen LogP contribution in [0.15, 0.2) is 30.3 Å². The lowest BCUT2D eigenvalue weighted by molar-refractivity contribution is -0.136. The summed E-state index contributed by atoms with van der Waals surface area (Å²) in [5.74, 6) is 0.0797. The van der Waals surface area contributed by atoms with E-state index in [9.17, 15) is 9.90 Å². The zero-order chi connectivity index (χ0) is 12.9. The zero-order valence-corrected chi connectivity index (χ0v) is 10.7. The molecule has 0 aliphatic carbocycles. The van der Waals surface area contributed by atoms with Crippen molar-refractivity contribution in [2.45, 2.75) is 38.7 Å². The first-order chi connectivity index (χ1) is 7.91. The second kappa shape index (κ2) is 5.82. The number of hydrogen-bond donors (Lipinski definition) is 2. The minimum atomic E-state index is -1.30. The maximum atomic E-state index is 11.4. The van der Waals surface area contributed by atoms with Gasteiger partial charge in [-0.3, -0.25) is 4.79 Å². The van der Waals surface area contributed by atoms with E-state index in [1.807, 2.05) is 18.2 Å². The lowest BCUT2D eigenvalue weighted by Crippen LogP contribution is -2.42. The van der Waals surface area contributed by atoms with Crippen LogP contribution in [-0.2, 0) is 4.79 Å². The van der Waals surface area contributed by atoms with Crippen LogP contribution in [-0.4, -0.2) is 23.2 Å². The Kier molecular flexibility index (Phi) is 4.70. The molecule has 0 spiro atoms. The third kappa shape index (κ3) is 4.57. The number of carbonyl (C=O) groups excluding carboxylic acids is 1. The number of hydrogen-bond acceptors (Lipinski definition) is 2. The van der Waals surface area contributed by atoms with Gasteiger partial charge in [-0.2, -0.15) is 0 Å². The number of amides is 1. The molecule has 1 aromatic carbocycles. The van der Waals surface area contributed by atoms with Crippen molar-refractivity contribution >= 4 is 5.91 Å². The van der Waals surface area contributed by atoms with Crippen LogP contribution in [0.4, 0.5) is 0 Å². The Bertz CT molecular complexity index is 354. The summed E-state index contributed by atoms with van der Waals surface area (Å²) in [6.45, 7) is 5.69. The normalized spacial score (nSPS) is 13.2. The molecule has 1 rings (SSSR count). The van der Waals surface area contributed by atoms with E-state index in [-0.39, 0.29) is 5.91 Å². The van der Waals surface area contributed by atoms with E-state index in [1.165, 1.54) is 19.4 Å². The van der Waals surface area contributed by atoms with Crippen LogP contribution in [0.2, 0.25) is 0 Å². The third-order valence-corrected chi connectivity index (χ3v) is 2.79. The number of nitrogens with one attached hydrogen (secondary N) is 1. The van der Waals surface area contributed by atoms with Crippen LogP contribution in [0, 0.1) is 0 Å². The van der Waals surface area contributed by atoms with Gasteiger partial charge in [0, 0.05) is 6.54 Å². The summed E-state index contributed by atoms with van der Waals surface area (Å²) < 4.78 is 0. The van der Waals surface area contributed by atoms with Gasteiger partial charge in [0.15, 0.2) is 0 Å². The first-order valence-electron chi connectivity index (χ1n) is 5.97. The van der Waals surface area contributed by atoms with Crippen molar-refractivity contribution in [3.63, 3.8) is 0 Å².